The molecule has 2 aromatic rings. The summed E-state index contributed by atoms with van der Waals surface area (Å²) < 4.78 is 1.94. The summed E-state index contributed by atoms with van der Waals surface area (Å²) in [5.41, 5.74) is 2.32. The van der Waals surface area contributed by atoms with E-state index < -0.39 is 0 Å². The van der Waals surface area contributed by atoms with Crippen LogP contribution in [-0.4, -0.2) is 51.7 Å². The molecule has 2 saturated heterocycles. The summed E-state index contributed by atoms with van der Waals surface area (Å²) in [6, 6.07) is 10.2. The van der Waals surface area contributed by atoms with Gasteiger partial charge in [0.2, 0.25) is 5.91 Å². The Balaban J connectivity index is 1.28. The highest BCUT2D eigenvalue weighted by atomic mass is 16.2. The van der Waals surface area contributed by atoms with E-state index in [9.17, 15) is 4.79 Å². The van der Waals surface area contributed by atoms with Crippen LogP contribution in [0.2, 0.25) is 0 Å². The molecule has 0 bridgehead atoms. The maximum atomic E-state index is 12.8. The molecule has 0 saturated carbocycles. The molecule has 0 aliphatic carbocycles. The van der Waals surface area contributed by atoms with Crippen molar-refractivity contribution in [1.29, 1.82) is 0 Å². The summed E-state index contributed by atoms with van der Waals surface area (Å²) in [6.45, 7) is 4.86. The minimum Gasteiger partial charge on any atom is -0.342 e. The predicted octanol–water partition coefficient (Wildman–Crippen LogP) is 3.49. The quantitative estimate of drug-likeness (QED) is 0.832. The van der Waals surface area contributed by atoms with Crippen LogP contribution in [0.15, 0.2) is 42.7 Å². The number of amides is 1. The molecule has 0 spiro atoms. The molecule has 2 aliphatic rings. The van der Waals surface area contributed by atoms with E-state index in [-0.39, 0.29) is 5.92 Å². The lowest BCUT2D eigenvalue weighted by Gasteiger charge is -2.33. The number of aromatic nitrogens is 2. The van der Waals surface area contributed by atoms with Crippen molar-refractivity contribution >= 4 is 5.91 Å². The summed E-state index contributed by atoms with van der Waals surface area (Å²) in [6.07, 6.45) is 11.0. The first-order chi connectivity index (χ1) is 13.3. The lowest BCUT2D eigenvalue weighted by molar-refractivity contribution is -0.137. The third-order valence-electron chi connectivity index (χ3n) is 5.92. The fraction of sp³-hybridized carbons (Fsp3) is 0.545. The molecule has 0 atom stereocenters. The predicted molar refractivity (Wildman–Crippen MR) is 107 cm³/mol. The molecule has 0 radical (unpaired) electrons. The monoisotopic (exact) mass is 366 g/mol. The van der Waals surface area contributed by atoms with Gasteiger partial charge in [0.1, 0.15) is 0 Å². The van der Waals surface area contributed by atoms with Gasteiger partial charge in [0, 0.05) is 37.3 Å². The average Bonchev–Trinajstić information content (AvgIpc) is 3.01. The van der Waals surface area contributed by atoms with Crippen LogP contribution >= 0.6 is 0 Å². The number of piperidine rings is 1. The summed E-state index contributed by atoms with van der Waals surface area (Å²) in [7, 11) is 0. The Morgan fingerprint density at radius 1 is 0.963 bits per heavy atom. The zero-order valence-corrected chi connectivity index (χ0v) is 16.1. The van der Waals surface area contributed by atoms with Gasteiger partial charge in [-0.05, 0) is 50.9 Å². The Morgan fingerprint density at radius 3 is 2.37 bits per heavy atom. The number of hydrogen-bond acceptors (Lipinski definition) is 3. The van der Waals surface area contributed by atoms with Crippen LogP contribution in [0.5, 0.6) is 0 Å². The molecule has 0 unspecified atom stereocenters. The molecule has 1 amide bonds. The summed E-state index contributed by atoms with van der Waals surface area (Å²) in [5, 5.41) is 4.49. The first-order valence-corrected chi connectivity index (χ1v) is 10.4. The van der Waals surface area contributed by atoms with Crippen LogP contribution in [-0.2, 0) is 11.3 Å². The molecule has 2 fully saturated rings. The normalized spacial score (nSPS) is 19.8. The van der Waals surface area contributed by atoms with Gasteiger partial charge in [-0.3, -0.25) is 9.69 Å². The minimum atomic E-state index is 0.228. The molecule has 2 aliphatic heterocycles. The molecule has 144 valence electrons. The number of nitrogens with zero attached hydrogens (tertiary/aromatic N) is 4. The second-order valence-corrected chi connectivity index (χ2v) is 7.92. The molecule has 3 heterocycles. The second kappa shape index (κ2) is 8.70. The van der Waals surface area contributed by atoms with Gasteiger partial charge >= 0.3 is 0 Å². The van der Waals surface area contributed by atoms with Crippen LogP contribution < -0.4 is 0 Å². The van der Waals surface area contributed by atoms with Crippen molar-refractivity contribution in [2.75, 3.05) is 26.2 Å². The zero-order chi connectivity index (χ0) is 18.5. The molecule has 5 heteroatoms. The van der Waals surface area contributed by atoms with E-state index in [4.69, 9.17) is 0 Å². The van der Waals surface area contributed by atoms with Crippen molar-refractivity contribution in [3.8, 4) is 5.69 Å². The highest BCUT2D eigenvalue weighted by Gasteiger charge is 2.28. The number of likely N-dealkylation sites (tertiary alicyclic amines) is 2. The standard InChI is InChI=1S/C22H30N4O/c27-22(25-12-6-1-2-7-13-25)20-10-14-24(15-11-20)17-19-16-23-26(18-19)21-8-4-3-5-9-21/h3-5,8-9,16,18,20H,1-2,6-7,10-15,17H2. The fourth-order valence-electron chi connectivity index (χ4n) is 4.31. The van der Waals surface area contributed by atoms with Crippen molar-refractivity contribution in [3.05, 3.63) is 48.3 Å². The highest BCUT2D eigenvalue weighted by molar-refractivity contribution is 5.79. The minimum absolute atomic E-state index is 0.228. The largest absolute Gasteiger partial charge is 0.342 e. The SMILES string of the molecule is O=C(C1CCN(Cc2cnn(-c3ccccc3)c2)CC1)N1CCCCCC1. The van der Waals surface area contributed by atoms with Gasteiger partial charge in [0.15, 0.2) is 0 Å². The highest BCUT2D eigenvalue weighted by Crippen LogP contribution is 2.23. The Kier molecular flexibility index (Phi) is 5.87. The molecule has 27 heavy (non-hydrogen) atoms. The van der Waals surface area contributed by atoms with Gasteiger partial charge in [0.05, 0.1) is 11.9 Å². The molecule has 0 N–H and O–H groups in total. The maximum Gasteiger partial charge on any atom is 0.225 e. The van der Waals surface area contributed by atoms with E-state index in [1.165, 1.54) is 31.2 Å². The van der Waals surface area contributed by atoms with E-state index in [1.54, 1.807) is 0 Å². The van der Waals surface area contributed by atoms with Gasteiger partial charge < -0.3 is 4.90 Å². The molecule has 4 rings (SSSR count). The number of carbonyl (C=O) groups excluding carboxylic acids is 1. The average molecular weight is 367 g/mol. The number of benzene rings is 1. The fourth-order valence-corrected chi connectivity index (χ4v) is 4.31. The van der Waals surface area contributed by atoms with Crippen LogP contribution in [0.4, 0.5) is 0 Å². The van der Waals surface area contributed by atoms with Gasteiger partial charge in [-0.25, -0.2) is 4.68 Å². The van der Waals surface area contributed by atoms with E-state index in [1.807, 2.05) is 29.1 Å². The van der Waals surface area contributed by atoms with Crippen molar-refractivity contribution in [2.24, 2.45) is 5.92 Å². The van der Waals surface area contributed by atoms with Crippen molar-refractivity contribution in [1.82, 2.24) is 19.6 Å². The molecular formula is C22H30N4O. The van der Waals surface area contributed by atoms with Crippen molar-refractivity contribution < 1.29 is 4.79 Å². The van der Waals surface area contributed by atoms with E-state index >= 15 is 0 Å². The van der Waals surface area contributed by atoms with Gasteiger partial charge in [-0.2, -0.15) is 5.10 Å². The number of para-hydroxylation sites is 1. The topological polar surface area (TPSA) is 41.4 Å². The Hall–Kier alpha value is -2.14. The van der Waals surface area contributed by atoms with Gasteiger partial charge in [0.25, 0.3) is 0 Å². The van der Waals surface area contributed by atoms with Crippen LogP contribution in [0.25, 0.3) is 5.69 Å². The third-order valence-corrected chi connectivity index (χ3v) is 5.92. The van der Waals surface area contributed by atoms with Crippen LogP contribution in [0, 0.1) is 5.92 Å². The van der Waals surface area contributed by atoms with Crippen molar-refractivity contribution in [2.45, 2.75) is 45.1 Å². The molecule has 1 aromatic carbocycles. The van der Waals surface area contributed by atoms with E-state index in [0.29, 0.717) is 5.91 Å². The Labute approximate surface area is 162 Å². The van der Waals surface area contributed by atoms with E-state index in [0.717, 1.165) is 51.3 Å². The molecular weight excluding hydrogens is 336 g/mol. The Morgan fingerprint density at radius 2 is 1.67 bits per heavy atom. The Bertz CT molecular complexity index is 726. The third kappa shape index (κ3) is 4.59. The lowest BCUT2D eigenvalue weighted by atomic mass is 9.95. The van der Waals surface area contributed by atoms with Crippen LogP contribution in [0.1, 0.15) is 44.1 Å². The van der Waals surface area contributed by atoms with Gasteiger partial charge in [-0.1, -0.05) is 31.0 Å². The maximum absolute atomic E-state index is 12.8. The lowest BCUT2D eigenvalue weighted by Crippen LogP contribution is -2.42. The number of hydrogen-bond donors (Lipinski definition) is 0. The zero-order valence-electron chi connectivity index (χ0n) is 16.1. The second-order valence-electron chi connectivity index (χ2n) is 7.92. The smallest absolute Gasteiger partial charge is 0.225 e. The van der Waals surface area contributed by atoms with Gasteiger partial charge in [-0.15, -0.1) is 0 Å². The van der Waals surface area contributed by atoms with Crippen molar-refractivity contribution in [3.63, 3.8) is 0 Å². The number of rotatable bonds is 4. The first kappa shape index (κ1) is 18.2. The molecule has 1 aromatic heterocycles. The summed E-state index contributed by atoms with van der Waals surface area (Å²) in [5.74, 6) is 0.639. The summed E-state index contributed by atoms with van der Waals surface area (Å²) in [4.78, 5) is 17.4. The molecule has 5 nitrogen and oxygen atoms in total. The summed E-state index contributed by atoms with van der Waals surface area (Å²) >= 11 is 0. The number of carbonyl (C=O) groups is 1. The van der Waals surface area contributed by atoms with Crippen LogP contribution in [0.3, 0.4) is 0 Å². The van der Waals surface area contributed by atoms with E-state index in [2.05, 4.69) is 33.2 Å². The first-order valence-electron chi connectivity index (χ1n) is 10.4.